The molecule has 104 valence electrons. The molecule has 0 aliphatic rings. The van der Waals surface area contributed by atoms with E-state index in [0.29, 0.717) is 0 Å². The van der Waals surface area contributed by atoms with Crippen molar-refractivity contribution in [1.82, 2.24) is 9.55 Å². The molecule has 2 rings (SSSR count). The first-order chi connectivity index (χ1) is 9.61. The summed E-state index contributed by atoms with van der Waals surface area (Å²) in [5.41, 5.74) is 6.66. The number of nitrogen functional groups attached to an aromatic ring is 1. The van der Waals surface area contributed by atoms with Crippen LogP contribution in [0, 0.1) is 0 Å². The number of anilines is 1. The molecule has 0 aliphatic heterocycles. The molecule has 1 aromatic carbocycles. The molecule has 0 bridgehead atoms. The van der Waals surface area contributed by atoms with Gasteiger partial charge in [0.05, 0.1) is 13.2 Å². The number of hydrogen-bond acceptors (Lipinski definition) is 4. The standard InChI is InChI=1S/C14H14BrN3O2/c15-12(8-18-7-6-13(16)17-14(18)20)11(9-19)10-4-2-1-3-5-10/h1-7,19H,8-9H2,(H2,16,17,20)/b12-11-. The summed E-state index contributed by atoms with van der Waals surface area (Å²) in [5, 5.41) is 9.53. The second-order valence-corrected chi connectivity index (χ2v) is 5.13. The van der Waals surface area contributed by atoms with E-state index in [4.69, 9.17) is 5.73 Å². The lowest BCUT2D eigenvalue weighted by Gasteiger charge is -2.10. The lowest BCUT2D eigenvalue weighted by molar-refractivity contribution is 0.349. The highest BCUT2D eigenvalue weighted by atomic mass is 79.9. The molecule has 1 aromatic heterocycles. The van der Waals surface area contributed by atoms with Crippen molar-refractivity contribution >= 4 is 27.3 Å². The Hall–Kier alpha value is -1.92. The van der Waals surface area contributed by atoms with Gasteiger partial charge in [0, 0.05) is 10.7 Å². The van der Waals surface area contributed by atoms with E-state index in [9.17, 15) is 9.90 Å². The van der Waals surface area contributed by atoms with Crippen LogP contribution < -0.4 is 11.4 Å². The fraction of sp³-hybridized carbons (Fsp3) is 0.143. The molecule has 0 unspecified atom stereocenters. The molecular formula is C14H14BrN3O2. The fourth-order valence-corrected chi connectivity index (χ4v) is 2.40. The van der Waals surface area contributed by atoms with E-state index in [1.807, 2.05) is 30.3 Å². The predicted octanol–water partition coefficient (Wildman–Crippen LogP) is 1.62. The van der Waals surface area contributed by atoms with Gasteiger partial charge in [-0.05, 0) is 17.2 Å². The fourth-order valence-electron chi connectivity index (χ4n) is 1.78. The summed E-state index contributed by atoms with van der Waals surface area (Å²) in [6, 6.07) is 11.0. The first-order valence-corrected chi connectivity index (χ1v) is 6.78. The van der Waals surface area contributed by atoms with Crippen LogP contribution in [-0.4, -0.2) is 21.3 Å². The van der Waals surface area contributed by atoms with Crippen LogP contribution in [0.15, 0.2) is 51.9 Å². The summed E-state index contributed by atoms with van der Waals surface area (Å²) >= 11 is 3.43. The molecule has 1 heterocycles. The summed E-state index contributed by atoms with van der Waals surface area (Å²) in [6.07, 6.45) is 1.58. The second-order valence-electron chi connectivity index (χ2n) is 4.17. The van der Waals surface area contributed by atoms with Crippen molar-refractivity contribution in [2.45, 2.75) is 6.54 Å². The normalized spacial score (nSPS) is 12.1. The summed E-state index contributed by atoms with van der Waals surface area (Å²) in [4.78, 5) is 15.4. The van der Waals surface area contributed by atoms with Crippen molar-refractivity contribution in [1.29, 1.82) is 0 Å². The van der Waals surface area contributed by atoms with Crippen LogP contribution in [0.25, 0.3) is 5.57 Å². The molecule has 0 saturated heterocycles. The zero-order valence-electron chi connectivity index (χ0n) is 10.7. The Kier molecular flexibility index (Phi) is 4.70. The molecule has 0 aliphatic carbocycles. The highest BCUT2D eigenvalue weighted by molar-refractivity contribution is 9.11. The first kappa shape index (κ1) is 14.5. The zero-order valence-corrected chi connectivity index (χ0v) is 12.2. The number of halogens is 1. The summed E-state index contributed by atoms with van der Waals surface area (Å²) < 4.78 is 2.14. The van der Waals surface area contributed by atoms with Gasteiger partial charge in [0.15, 0.2) is 0 Å². The molecule has 0 saturated carbocycles. The number of rotatable bonds is 4. The maximum absolute atomic E-state index is 11.7. The van der Waals surface area contributed by atoms with Crippen molar-refractivity contribution in [3.63, 3.8) is 0 Å². The van der Waals surface area contributed by atoms with Crippen LogP contribution in [-0.2, 0) is 6.54 Å². The quantitative estimate of drug-likeness (QED) is 0.889. The van der Waals surface area contributed by atoms with Gasteiger partial charge in [-0.3, -0.25) is 4.57 Å². The zero-order chi connectivity index (χ0) is 14.5. The molecule has 0 atom stereocenters. The van der Waals surface area contributed by atoms with Crippen molar-refractivity contribution in [3.05, 3.63) is 63.1 Å². The van der Waals surface area contributed by atoms with Gasteiger partial charge in [0.25, 0.3) is 0 Å². The average molecular weight is 336 g/mol. The summed E-state index contributed by atoms with van der Waals surface area (Å²) in [6.45, 7) is 0.165. The Morgan fingerprint density at radius 1 is 1.30 bits per heavy atom. The van der Waals surface area contributed by atoms with E-state index in [2.05, 4.69) is 20.9 Å². The number of aliphatic hydroxyl groups is 1. The van der Waals surface area contributed by atoms with Crippen LogP contribution in [0.4, 0.5) is 5.82 Å². The third-order valence-corrected chi connectivity index (χ3v) is 3.54. The first-order valence-electron chi connectivity index (χ1n) is 5.98. The van der Waals surface area contributed by atoms with E-state index in [0.717, 1.165) is 15.6 Å². The maximum Gasteiger partial charge on any atom is 0.349 e. The Balaban J connectivity index is 2.35. The van der Waals surface area contributed by atoms with Gasteiger partial charge in [-0.15, -0.1) is 0 Å². The topological polar surface area (TPSA) is 81.1 Å². The number of hydrogen-bond donors (Lipinski definition) is 2. The third-order valence-electron chi connectivity index (χ3n) is 2.81. The smallest absolute Gasteiger partial charge is 0.349 e. The summed E-state index contributed by atoms with van der Waals surface area (Å²) in [7, 11) is 0. The van der Waals surface area contributed by atoms with Gasteiger partial charge in [0.1, 0.15) is 5.82 Å². The minimum atomic E-state index is -0.424. The molecule has 3 N–H and O–H groups in total. The number of allylic oxidation sites excluding steroid dienone is 1. The minimum absolute atomic E-state index is 0.123. The van der Waals surface area contributed by atoms with Crippen LogP contribution in [0.3, 0.4) is 0 Å². The number of aromatic nitrogens is 2. The molecule has 6 heteroatoms. The molecular weight excluding hydrogens is 322 g/mol. The Morgan fingerprint density at radius 3 is 2.60 bits per heavy atom. The van der Waals surface area contributed by atoms with Crippen LogP contribution >= 0.6 is 15.9 Å². The number of aliphatic hydroxyl groups excluding tert-OH is 1. The highest BCUT2D eigenvalue weighted by Gasteiger charge is 2.08. The Labute approximate surface area is 124 Å². The molecule has 0 spiro atoms. The average Bonchev–Trinajstić information content (AvgIpc) is 2.44. The van der Waals surface area contributed by atoms with Crippen molar-refractivity contribution < 1.29 is 5.11 Å². The monoisotopic (exact) mass is 335 g/mol. The van der Waals surface area contributed by atoms with Crippen LogP contribution in [0.2, 0.25) is 0 Å². The molecule has 5 nitrogen and oxygen atoms in total. The van der Waals surface area contributed by atoms with E-state index >= 15 is 0 Å². The van der Waals surface area contributed by atoms with Gasteiger partial charge in [-0.25, -0.2) is 4.79 Å². The lowest BCUT2D eigenvalue weighted by atomic mass is 10.1. The number of benzene rings is 1. The Bertz CT molecular complexity index is 680. The lowest BCUT2D eigenvalue weighted by Crippen LogP contribution is -2.23. The van der Waals surface area contributed by atoms with E-state index in [1.165, 1.54) is 4.57 Å². The van der Waals surface area contributed by atoms with Gasteiger partial charge in [-0.2, -0.15) is 4.98 Å². The van der Waals surface area contributed by atoms with E-state index in [-0.39, 0.29) is 19.0 Å². The predicted molar refractivity (Wildman–Crippen MR) is 82.3 cm³/mol. The third kappa shape index (κ3) is 3.34. The van der Waals surface area contributed by atoms with E-state index in [1.54, 1.807) is 12.3 Å². The van der Waals surface area contributed by atoms with E-state index < -0.39 is 5.69 Å². The summed E-state index contributed by atoms with van der Waals surface area (Å²) in [5.74, 6) is 0.191. The van der Waals surface area contributed by atoms with Crippen molar-refractivity contribution in [2.75, 3.05) is 12.3 Å². The van der Waals surface area contributed by atoms with Gasteiger partial charge < -0.3 is 10.8 Å². The Morgan fingerprint density at radius 2 is 2.00 bits per heavy atom. The SMILES string of the molecule is Nc1ccn(C/C(Br)=C(\CO)c2ccccc2)c(=O)n1. The number of nitrogens with zero attached hydrogens (tertiary/aromatic N) is 2. The van der Waals surface area contributed by atoms with Gasteiger partial charge in [-0.1, -0.05) is 46.3 Å². The maximum atomic E-state index is 11.7. The minimum Gasteiger partial charge on any atom is -0.392 e. The van der Waals surface area contributed by atoms with Gasteiger partial charge in [0.2, 0.25) is 0 Å². The molecule has 0 fully saturated rings. The van der Waals surface area contributed by atoms with Crippen molar-refractivity contribution in [3.8, 4) is 0 Å². The van der Waals surface area contributed by atoms with Crippen LogP contribution in [0.1, 0.15) is 5.56 Å². The molecule has 2 aromatic rings. The van der Waals surface area contributed by atoms with Crippen LogP contribution in [0.5, 0.6) is 0 Å². The largest absolute Gasteiger partial charge is 0.392 e. The highest BCUT2D eigenvalue weighted by Crippen LogP contribution is 2.23. The van der Waals surface area contributed by atoms with Gasteiger partial charge >= 0.3 is 5.69 Å². The molecule has 0 radical (unpaired) electrons. The molecule has 0 amide bonds. The van der Waals surface area contributed by atoms with Crippen molar-refractivity contribution in [2.24, 2.45) is 0 Å². The number of nitrogens with two attached hydrogens (primary N) is 1. The molecule has 20 heavy (non-hydrogen) atoms. The second kappa shape index (κ2) is 6.49.